The third kappa shape index (κ3) is 5.52. The second-order valence-corrected chi connectivity index (χ2v) is 8.44. The number of aromatic amines is 2. The molecule has 0 fully saturated rings. The largest absolute Gasteiger partial charge is 0.496 e. The van der Waals surface area contributed by atoms with E-state index in [4.69, 9.17) is 4.74 Å². The molecule has 8 bridgehead atoms. The number of rotatable bonds is 1. The molecule has 2 N–H and O–H groups in total. The van der Waals surface area contributed by atoms with Crippen LogP contribution < -0.4 is 4.74 Å². The number of hydrogen-bond acceptors (Lipinski definition) is 4. The standard InChI is InChI=1S/C20H14N4.C10H9NO.Ni/c1-2-14-10-16-5-6-18(23-16)12-20-8-7-19(24-20)11-17-4-3-15(22-17)9-13(1)21-14;1-12-10-6-2-5-9-8(10)4-3-7-11-9;/h1-12,21,24H;2-7H,1H3;. The van der Waals surface area contributed by atoms with E-state index in [2.05, 4.69) is 49.2 Å². The Morgan fingerprint density at radius 1 is 0.595 bits per heavy atom. The van der Waals surface area contributed by atoms with E-state index in [1.165, 1.54) is 0 Å². The number of ether oxygens (including phenoxy) is 1. The molecule has 0 unspecified atom stereocenters. The second-order valence-electron chi connectivity index (χ2n) is 8.44. The van der Waals surface area contributed by atoms with Crippen molar-refractivity contribution in [1.82, 2.24) is 24.9 Å². The Hall–Kier alpha value is -4.48. The molecule has 0 aliphatic carbocycles. The molecular formula is C30H23N5NiO. The van der Waals surface area contributed by atoms with Gasteiger partial charge in [0.1, 0.15) is 5.75 Å². The molecule has 2 aliphatic rings. The van der Waals surface area contributed by atoms with Crippen LogP contribution in [0.4, 0.5) is 0 Å². The van der Waals surface area contributed by atoms with Crippen LogP contribution in [0, 0.1) is 0 Å². The molecule has 0 saturated carbocycles. The molecule has 37 heavy (non-hydrogen) atoms. The Morgan fingerprint density at radius 3 is 1.54 bits per heavy atom. The van der Waals surface area contributed by atoms with Crippen LogP contribution in [-0.2, 0) is 16.5 Å². The van der Waals surface area contributed by atoms with E-state index in [1.54, 1.807) is 13.3 Å². The topological polar surface area (TPSA) is 79.5 Å². The molecule has 6 heterocycles. The molecule has 0 amide bonds. The zero-order valence-electron chi connectivity index (χ0n) is 20.0. The minimum absolute atomic E-state index is 0. The quantitative estimate of drug-likeness (QED) is 0.228. The predicted molar refractivity (Wildman–Crippen MR) is 147 cm³/mol. The monoisotopic (exact) mass is 527 g/mol. The number of H-pyrrole nitrogens is 2. The Labute approximate surface area is 223 Å². The van der Waals surface area contributed by atoms with Gasteiger partial charge in [0.05, 0.1) is 35.4 Å². The Balaban J connectivity index is 0.000000183. The third-order valence-corrected chi connectivity index (χ3v) is 5.87. The van der Waals surface area contributed by atoms with Crippen LogP contribution in [0.3, 0.4) is 0 Å². The molecule has 7 heteroatoms. The Bertz CT molecular complexity index is 1620. The van der Waals surface area contributed by atoms with Crippen molar-refractivity contribution in [3.8, 4) is 5.75 Å². The molecule has 7 rings (SSSR count). The molecule has 0 atom stereocenters. The molecule has 0 saturated heterocycles. The summed E-state index contributed by atoms with van der Waals surface area (Å²) in [7, 11) is 1.67. The predicted octanol–water partition coefficient (Wildman–Crippen LogP) is 6.90. The summed E-state index contributed by atoms with van der Waals surface area (Å²) in [5, 5.41) is 1.06. The van der Waals surface area contributed by atoms with Gasteiger partial charge in [-0.3, -0.25) is 4.98 Å². The van der Waals surface area contributed by atoms with Crippen molar-refractivity contribution in [3.05, 3.63) is 108 Å². The van der Waals surface area contributed by atoms with Crippen LogP contribution in [-0.4, -0.2) is 32.0 Å². The number of hydrogen-bond donors (Lipinski definition) is 2. The number of aromatic nitrogens is 5. The summed E-state index contributed by atoms with van der Waals surface area (Å²) in [5.74, 6) is 0.876. The number of methoxy groups -OCH3 is 1. The summed E-state index contributed by atoms with van der Waals surface area (Å²) in [5.41, 5.74) is 8.83. The molecule has 4 aromatic heterocycles. The first-order valence-electron chi connectivity index (χ1n) is 11.6. The number of fused-ring (bicyclic) bond motifs is 9. The van der Waals surface area contributed by atoms with Crippen molar-refractivity contribution < 1.29 is 21.2 Å². The summed E-state index contributed by atoms with van der Waals surface area (Å²) in [6, 6.07) is 26.1. The first-order valence-corrected chi connectivity index (χ1v) is 11.6. The fraction of sp³-hybridized carbons (Fsp3) is 0.0333. The average Bonchev–Trinajstić information content (AvgIpc) is 3.70. The molecule has 2 aliphatic heterocycles. The van der Waals surface area contributed by atoms with Gasteiger partial charge in [-0.15, -0.1) is 0 Å². The van der Waals surface area contributed by atoms with E-state index in [0.29, 0.717) is 0 Å². The minimum Gasteiger partial charge on any atom is -0.496 e. The van der Waals surface area contributed by atoms with Crippen molar-refractivity contribution in [2.24, 2.45) is 0 Å². The Morgan fingerprint density at radius 2 is 1.08 bits per heavy atom. The molecule has 5 aromatic rings. The van der Waals surface area contributed by atoms with Crippen LogP contribution in [0.5, 0.6) is 5.75 Å². The minimum atomic E-state index is 0. The van der Waals surface area contributed by atoms with E-state index in [9.17, 15) is 0 Å². The van der Waals surface area contributed by atoms with Crippen molar-refractivity contribution in [2.75, 3.05) is 7.11 Å². The zero-order valence-corrected chi connectivity index (χ0v) is 20.9. The maximum absolute atomic E-state index is 5.19. The van der Waals surface area contributed by atoms with E-state index in [0.717, 1.165) is 61.5 Å². The van der Waals surface area contributed by atoms with E-state index < -0.39 is 0 Å². The summed E-state index contributed by atoms with van der Waals surface area (Å²) in [6.45, 7) is 0. The van der Waals surface area contributed by atoms with E-state index in [-0.39, 0.29) is 16.5 Å². The molecule has 1 aromatic carbocycles. The summed E-state index contributed by atoms with van der Waals surface area (Å²) >= 11 is 0. The van der Waals surface area contributed by atoms with E-state index in [1.807, 2.05) is 78.9 Å². The van der Waals surface area contributed by atoms with Gasteiger partial charge >= 0.3 is 0 Å². The van der Waals surface area contributed by atoms with Gasteiger partial charge in [-0.05, 0) is 97.1 Å². The van der Waals surface area contributed by atoms with Gasteiger partial charge in [0.15, 0.2) is 0 Å². The van der Waals surface area contributed by atoms with Gasteiger partial charge in [-0.1, -0.05) is 6.07 Å². The smallest absolute Gasteiger partial charge is 0.128 e. The summed E-state index contributed by atoms with van der Waals surface area (Å²) in [6.07, 6.45) is 9.87. The van der Waals surface area contributed by atoms with Crippen LogP contribution >= 0.6 is 0 Å². The van der Waals surface area contributed by atoms with Crippen LogP contribution in [0.2, 0.25) is 0 Å². The molecule has 184 valence electrons. The molecule has 0 spiro atoms. The normalized spacial score (nSPS) is 11.5. The van der Waals surface area contributed by atoms with Gasteiger partial charge in [-0.25, -0.2) is 9.97 Å². The maximum Gasteiger partial charge on any atom is 0.128 e. The van der Waals surface area contributed by atoms with Gasteiger partial charge in [0.25, 0.3) is 0 Å². The number of nitrogens with zero attached hydrogens (tertiary/aromatic N) is 3. The van der Waals surface area contributed by atoms with Crippen molar-refractivity contribution in [1.29, 1.82) is 0 Å². The molecule has 6 nitrogen and oxygen atoms in total. The van der Waals surface area contributed by atoms with Crippen molar-refractivity contribution in [3.63, 3.8) is 0 Å². The fourth-order valence-electron chi connectivity index (χ4n) is 4.20. The Kier molecular flexibility index (Phi) is 6.97. The zero-order chi connectivity index (χ0) is 24.3. The van der Waals surface area contributed by atoms with Crippen LogP contribution in [0.1, 0.15) is 22.8 Å². The summed E-state index contributed by atoms with van der Waals surface area (Å²) < 4.78 is 5.19. The van der Waals surface area contributed by atoms with E-state index >= 15 is 0 Å². The average molecular weight is 528 g/mol. The van der Waals surface area contributed by atoms with Crippen molar-refractivity contribution in [2.45, 2.75) is 0 Å². The number of benzene rings is 1. The third-order valence-electron chi connectivity index (χ3n) is 5.87. The summed E-state index contributed by atoms with van der Waals surface area (Å²) in [4.78, 5) is 20.2. The van der Waals surface area contributed by atoms with Crippen molar-refractivity contribution >= 4 is 57.3 Å². The van der Waals surface area contributed by atoms with Gasteiger partial charge in [0.2, 0.25) is 0 Å². The maximum atomic E-state index is 5.19. The first-order chi connectivity index (χ1) is 17.7. The fourth-order valence-corrected chi connectivity index (χ4v) is 4.20. The SMILES string of the molecule is C1=Cc2cc3ccc(cc4nc(cc5ccc(cc1n2)[nH]5)C=C4)[nH]3.COc1cccc2ncccc12.[Ni]. The van der Waals surface area contributed by atoms with Crippen LogP contribution in [0.15, 0.2) is 85.1 Å². The first kappa shape index (κ1) is 24.2. The van der Waals surface area contributed by atoms with Gasteiger partial charge < -0.3 is 14.7 Å². The number of nitrogens with one attached hydrogen (secondary N) is 2. The van der Waals surface area contributed by atoms with Gasteiger partial charge in [0, 0.05) is 50.1 Å². The molecule has 0 radical (unpaired) electrons. The van der Waals surface area contributed by atoms with Gasteiger partial charge in [-0.2, -0.15) is 0 Å². The molecular weight excluding hydrogens is 505 g/mol. The van der Waals surface area contributed by atoms with Crippen LogP contribution in [0.25, 0.3) is 57.3 Å². The number of pyridine rings is 1. The second kappa shape index (κ2) is 10.6.